The van der Waals surface area contributed by atoms with Crippen LogP contribution >= 0.6 is 0 Å². The summed E-state index contributed by atoms with van der Waals surface area (Å²) in [5, 5.41) is 5.54. The first-order valence-corrected chi connectivity index (χ1v) is 12.2. The van der Waals surface area contributed by atoms with E-state index in [9.17, 15) is 19.2 Å². The SMILES string of the molecule is CCOC(=O)C1[C@H]2CC=C[C@H]2CN1C(=O)[C@@H](NC(=O)[C@@H](NC(=O)c1cnccn1)C(C)C)C(C)C. The summed E-state index contributed by atoms with van der Waals surface area (Å²) in [6.07, 6.45) is 8.96. The van der Waals surface area contributed by atoms with Crippen LogP contribution in [-0.4, -0.2) is 69.8 Å². The fraction of sp³-hybridized carbons (Fsp3) is 0.600. The minimum Gasteiger partial charge on any atom is -0.464 e. The fourth-order valence-electron chi connectivity index (χ4n) is 4.72. The highest BCUT2D eigenvalue weighted by Crippen LogP contribution is 2.39. The molecule has 0 aromatic carbocycles. The van der Waals surface area contributed by atoms with Gasteiger partial charge in [-0.15, -0.1) is 0 Å². The molecule has 1 aliphatic carbocycles. The molecule has 0 bridgehead atoms. The van der Waals surface area contributed by atoms with Gasteiger partial charge in [0.15, 0.2) is 0 Å². The van der Waals surface area contributed by atoms with E-state index < -0.39 is 35.9 Å². The van der Waals surface area contributed by atoms with Crippen molar-refractivity contribution in [2.24, 2.45) is 23.7 Å². The molecule has 1 aromatic heterocycles. The van der Waals surface area contributed by atoms with Gasteiger partial charge in [0.2, 0.25) is 11.8 Å². The van der Waals surface area contributed by atoms with Crippen molar-refractivity contribution >= 4 is 23.7 Å². The average Bonchev–Trinajstić information content (AvgIpc) is 3.42. The molecule has 1 unspecified atom stereocenters. The number of amides is 3. The minimum absolute atomic E-state index is 0.0174. The molecule has 0 radical (unpaired) electrons. The topological polar surface area (TPSA) is 131 Å². The zero-order chi connectivity index (χ0) is 25.7. The van der Waals surface area contributed by atoms with Crippen LogP contribution in [-0.2, 0) is 19.1 Å². The third kappa shape index (κ3) is 5.86. The fourth-order valence-corrected chi connectivity index (χ4v) is 4.72. The normalized spacial score (nSPS) is 22.6. The lowest BCUT2D eigenvalue weighted by Gasteiger charge is -2.32. The number of hydrogen-bond donors (Lipinski definition) is 2. The molecule has 10 heteroatoms. The second-order valence-electron chi connectivity index (χ2n) is 9.70. The highest BCUT2D eigenvalue weighted by molar-refractivity contribution is 5.97. The molecule has 3 amide bonds. The molecule has 1 saturated heterocycles. The van der Waals surface area contributed by atoms with E-state index in [1.54, 1.807) is 25.7 Å². The van der Waals surface area contributed by atoms with E-state index in [2.05, 4.69) is 20.6 Å². The van der Waals surface area contributed by atoms with Crippen molar-refractivity contribution < 1.29 is 23.9 Å². The summed E-state index contributed by atoms with van der Waals surface area (Å²) in [5.41, 5.74) is 0.0939. The molecule has 3 rings (SSSR count). The molecule has 5 atom stereocenters. The summed E-state index contributed by atoms with van der Waals surface area (Å²) in [6.45, 7) is 9.65. The van der Waals surface area contributed by atoms with Gasteiger partial charge in [0.25, 0.3) is 5.91 Å². The summed E-state index contributed by atoms with van der Waals surface area (Å²) in [7, 11) is 0. The molecule has 2 aliphatic rings. The largest absolute Gasteiger partial charge is 0.464 e. The molecule has 2 N–H and O–H groups in total. The smallest absolute Gasteiger partial charge is 0.329 e. The van der Waals surface area contributed by atoms with Gasteiger partial charge in [0.1, 0.15) is 23.8 Å². The van der Waals surface area contributed by atoms with Crippen LogP contribution < -0.4 is 10.6 Å². The van der Waals surface area contributed by atoms with E-state index in [0.29, 0.717) is 13.0 Å². The minimum atomic E-state index is -0.889. The van der Waals surface area contributed by atoms with Crippen LogP contribution in [0, 0.1) is 23.7 Å². The maximum absolute atomic E-state index is 13.7. The molecule has 1 aromatic rings. The Labute approximate surface area is 205 Å². The highest BCUT2D eigenvalue weighted by atomic mass is 16.5. The Kier molecular flexibility index (Phi) is 8.58. The van der Waals surface area contributed by atoms with E-state index >= 15 is 0 Å². The Morgan fingerprint density at radius 1 is 1.09 bits per heavy atom. The van der Waals surface area contributed by atoms with Crippen molar-refractivity contribution in [3.8, 4) is 0 Å². The zero-order valence-electron chi connectivity index (χ0n) is 20.9. The number of ether oxygens (including phenoxy) is 1. The molecule has 1 aliphatic heterocycles. The molecule has 10 nitrogen and oxygen atoms in total. The summed E-state index contributed by atoms with van der Waals surface area (Å²) in [6, 6.07) is -2.44. The van der Waals surface area contributed by atoms with Gasteiger partial charge in [-0.2, -0.15) is 0 Å². The lowest BCUT2D eigenvalue weighted by molar-refractivity contribution is -0.155. The maximum atomic E-state index is 13.7. The number of allylic oxidation sites excluding steroid dienone is 1. The molecule has 0 saturated carbocycles. The maximum Gasteiger partial charge on any atom is 0.329 e. The first-order chi connectivity index (χ1) is 16.6. The molecule has 2 heterocycles. The average molecular weight is 486 g/mol. The van der Waals surface area contributed by atoms with Gasteiger partial charge < -0.3 is 20.3 Å². The Hall–Kier alpha value is -3.30. The Balaban J connectivity index is 1.77. The number of hydrogen-bond acceptors (Lipinski definition) is 7. The van der Waals surface area contributed by atoms with Gasteiger partial charge in [0, 0.05) is 30.8 Å². The van der Waals surface area contributed by atoms with Gasteiger partial charge in [-0.3, -0.25) is 19.4 Å². The molecule has 190 valence electrons. The van der Waals surface area contributed by atoms with Crippen molar-refractivity contribution in [2.45, 2.75) is 59.2 Å². The summed E-state index contributed by atoms with van der Waals surface area (Å²) in [5.74, 6) is -2.16. The standard InChI is InChI=1S/C25H35N5O5/c1-6-35-25(34)21-17-9-7-8-16(17)13-30(21)24(33)20(15(4)5)29-23(32)19(14(2)3)28-22(31)18-12-26-10-11-27-18/h7-8,10-12,14-17,19-21H,6,9,13H2,1-5H3,(H,28,31)(H,29,32)/t16-,17-,19-,20-,21?/m0/s1. The summed E-state index contributed by atoms with van der Waals surface area (Å²) in [4.78, 5) is 61.7. The lowest BCUT2D eigenvalue weighted by Crippen LogP contribution is -2.59. The zero-order valence-corrected chi connectivity index (χ0v) is 20.9. The van der Waals surface area contributed by atoms with Crippen LogP contribution in [0.25, 0.3) is 0 Å². The van der Waals surface area contributed by atoms with Crippen molar-refractivity contribution in [1.82, 2.24) is 25.5 Å². The molecule has 1 fully saturated rings. The van der Waals surface area contributed by atoms with Crippen LogP contribution in [0.2, 0.25) is 0 Å². The number of esters is 1. The summed E-state index contributed by atoms with van der Waals surface area (Å²) >= 11 is 0. The van der Waals surface area contributed by atoms with E-state index in [1.165, 1.54) is 18.6 Å². The number of likely N-dealkylation sites (tertiary alicyclic amines) is 1. The van der Waals surface area contributed by atoms with Gasteiger partial charge in [0.05, 0.1) is 12.8 Å². The summed E-state index contributed by atoms with van der Waals surface area (Å²) < 4.78 is 5.28. The number of nitrogens with one attached hydrogen (secondary N) is 2. The van der Waals surface area contributed by atoms with Gasteiger partial charge in [-0.1, -0.05) is 39.8 Å². The van der Waals surface area contributed by atoms with Crippen LogP contribution in [0.15, 0.2) is 30.7 Å². The predicted octanol–water partition coefficient (Wildman–Crippen LogP) is 1.34. The number of nitrogens with zero attached hydrogens (tertiary/aromatic N) is 3. The number of carbonyl (C=O) groups excluding carboxylic acids is 4. The van der Waals surface area contributed by atoms with Crippen LogP contribution in [0.3, 0.4) is 0 Å². The second-order valence-corrected chi connectivity index (χ2v) is 9.70. The van der Waals surface area contributed by atoms with Crippen molar-refractivity contribution in [3.63, 3.8) is 0 Å². The third-order valence-electron chi connectivity index (χ3n) is 6.56. The van der Waals surface area contributed by atoms with Crippen molar-refractivity contribution in [3.05, 3.63) is 36.4 Å². The third-order valence-corrected chi connectivity index (χ3v) is 6.56. The number of carbonyl (C=O) groups is 4. The van der Waals surface area contributed by atoms with Crippen LogP contribution in [0.5, 0.6) is 0 Å². The molecule has 0 spiro atoms. The van der Waals surface area contributed by atoms with E-state index in [0.717, 1.165) is 0 Å². The number of aromatic nitrogens is 2. The van der Waals surface area contributed by atoms with Gasteiger partial charge in [-0.25, -0.2) is 9.78 Å². The van der Waals surface area contributed by atoms with Crippen molar-refractivity contribution in [1.29, 1.82) is 0 Å². The van der Waals surface area contributed by atoms with Crippen LogP contribution in [0.1, 0.15) is 51.5 Å². The first kappa shape index (κ1) is 26.3. The Bertz CT molecular complexity index is 964. The molecular formula is C25H35N5O5. The van der Waals surface area contributed by atoms with Crippen LogP contribution in [0.4, 0.5) is 0 Å². The molecule has 35 heavy (non-hydrogen) atoms. The monoisotopic (exact) mass is 485 g/mol. The van der Waals surface area contributed by atoms with Gasteiger partial charge in [-0.05, 0) is 25.2 Å². The van der Waals surface area contributed by atoms with Crippen molar-refractivity contribution in [2.75, 3.05) is 13.2 Å². The van der Waals surface area contributed by atoms with E-state index in [4.69, 9.17) is 4.74 Å². The Morgan fingerprint density at radius 3 is 2.40 bits per heavy atom. The molecular weight excluding hydrogens is 450 g/mol. The Morgan fingerprint density at radius 2 is 1.80 bits per heavy atom. The van der Waals surface area contributed by atoms with E-state index in [-0.39, 0.29) is 41.9 Å². The highest BCUT2D eigenvalue weighted by Gasteiger charge is 2.50. The van der Waals surface area contributed by atoms with E-state index in [1.807, 2.05) is 26.0 Å². The first-order valence-electron chi connectivity index (χ1n) is 12.2. The quantitative estimate of drug-likeness (QED) is 0.399. The van der Waals surface area contributed by atoms with Gasteiger partial charge >= 0.3 is 5.97 Å². The lowest BCUT2D eigenvalue weighted by atomic mass is 9.93. The number of fused-ring (bicyclic) bond motifs is 1. The second kappa shape index (κ2) is 11.4. The number of rotatable bonds is 9. The predicted molar refractivity (Wildman–Crippen MR) is 128 cm³/mol.